The molecule has 0 unspecified atom stereocenters. The van der Waals surface area contributed by atoms with Gasteiger partial charge in [0.2, 0.25) is 0 Å². The third-order valence-corrected chi connectivity index (χ3v) is 4.59. The quantitative estimate of drug-likeness (QED) is 0.309. The van der Waals surface area contributed by atoms with Crippen LogP contribution in [0.1, 0.15) is 11.1 Å². The van der Waals surface area contributed by atoms with Crippen molar-refractivity contribution in [1.82, 2.24) is 0 Å². The molecule has 4 aromatic carbocycles. The first-order valence-corrected chi connectivity index (χ1v) is 9.66. The zero-order valence-corrected chi connectivity index (χ0v) is 16.3. The smallest absolute Gasteiger partial charge is 0.124 e. The minimum atomic E-state index is 0.183. The van der Waals surface area contributed by atoms with Crippen LogP contribution in [0, 0.1) is 0 Å². The molecule has 0 radical (unpaired) electrons. The Morgan fingerprint density at radius 1 is 0.533 bits per heavy atom. The number of hydrogen-bond donors (Lipinski definition) is 1. The number of benzene rings is 4. The first-order chi connectivity index (χ1) is 14.8. The van der Waals surface area contributed by atoms with Gasteiger partial charge in [0.15, 0.2) is 0 Å². The lowest BCUT2D eigenvalue weighted by molar-refractivity contribution is 0.474. The summed E-state index contributed by atoms with van der Waals surface area (Å²) < 4.78 is 0. The van der Waals surface area contributed by atoms with Gasteiger partial charge in [0.25, 0.3) is 0 Å². The molecule has 1 N–H and O–H groups in total. The van der Waals surface area contributed by atoms with Crippen LogP contribution in [0.5, 0.6) is 5.75 Å². The van der Waals surface area contributed by atoms with Crippen molar-refractivity contribution in [3.63, 3.8) is 0 Å². The number of phenols is 1. The van der Waals surface area contributed by atoms with E-state index < -0.39 is 0 Å². The van der Waals surface area contributed by atoms with Crippen LogP contribution in [-0.2, 0) is 0 Å². The normalized spacial score (nSPS) is 11.2. The van der Waals surface area contributed by atoms with Crippen LogP contribution >= 0.6 is 0 Å². The van der Waals surface area contributed by atoms with Crippen LogP contribution < -0.4 is 4.90 Å². The van der Waals surface area contributed by atoms with E-state index in [0.717, 1.165) is 22.6 Å². The molecule has 0 aliphatic rings. The van der Waals surface area contributed by atoms with E-state index in [1.807, 2.05) is 54.6 Å². The Hall–Kier alpha value is -4.18. The van der Waals surface area contributed by atoms with Crippen LogP contribution in [-0.4, -0.2) is 17.5 Å². The Bertz CT molecular complexity index is 1100. The van der Waals surface area contributed by atoms with Crippen molar-refractivity contribution in [2.45, 2.75) is 0 Å². The molecule has 4 heteroatoms. The fraction of sp³-hybridized carbons (Fsp3) is 0. The molecule has 0 amide bonds. The van der Waals surface area contributed by atoms with Gasteiger partial charge < -0.3 is 10.0 Å². The van der Waals surface area contributed by atoms with Crippen molar-refractivity contribution in [3.8, 4) is 5.75 Å². The van der Waals surface area contributed by atoms with E-state index in [9.17, 15) is 5.11 Å². The molecule has 30 heavy (non-hydrogen) atoms. The van der Waals surface area contributed by atoms with Crippen molar-refractivity contribution in [3.05, 3.63) is 120 Å². The predicted octanol–water partition coefficient (Wildman–Crippen LogP) is 6.32. The van der Waals surface area contributed by atoms with Gasteiger partial charge in [-0.1, -0.05) is 60.7 Å². The Balaban J connectivity index is 1.54. The predicted molar refractivity (Wildman–Crippen MR) is 124 cm³/mol. The van der Waals surface area contributed by atoms with E-state index in [1.165, 1.54) is 6.21 Å². The molecule has 0 heterocycles. The number of hydrogen-bond acceptors (Lipinski definition) is 4. The van der Waals surface area contributed by atoms with E-state index in [-0.39, 0.29) is 5.75 Å². The van der Waals surface area contributed by atoms with Gasteiger partial charge in [-0.3, -0.25) is 0 Å². The summed E-state index contributed by atoms with van der Waals surface area (Å²) in [6, 6.07) is 35.7. The molecule has 0 spiro atoms. The molecule has 0 aliphatic heterocycles. The number of para-hydroxylation sites is 3. The zero-order valence-electron chi connectivity index (χ0n) is 16.3. The minimum absolute atomic E-state index is 0.183. The topological polar surface area (TPSA) is 48.2 Å². The summed E-state index contributed by atoms with van der Waals surface area (Å²) in [6.07, 6.45) is 3.22. The van der Waals surface area contributed by atoms with Gasteiger partial charge in [-0.25, -0.2) is 0 Å². The second kappa shape index (κ2) is 9.34. The summed E-state index contributed by atoms with van der Waals surface area (Å²) in [5.41, 5.74) is 4.82. The lowest BCUT2D eigenvalue weighted by Gasteiger charge is -2.25. The van der Waals surface area contributed by atoms with E-state index in [1.54, 1.807) is 24.4 Å². The third-order valence-electron chi connectivity index (χ3n) is 4.59. The number of anilines is 3. The zero-order chi connectivity index (χ0) is 20.6. The van der Waals surface area contributed by atoms with E-state index in [2.05, 4.69) is 51.5 Å². The van der Waals surface area contributed by atoms with Gasteiger partial charge in [0, 0.05) is 22.6 Å². The monoisotopic (exact) mass is 391 g/mol. The Kier molecular flexibility index (Phi) is 5.97. The van der Waals surface area contributed by atoms with Crippen LogP contribution in [0.2, 0.25) is 0 Å². The van der Waals surface area contributed by atoms with Gasteiger partial charge in [-0.05, 0) is 54.1 Å². The van der Waals surface area contributed by atoms with Crippen molar-refractivity contribution in [2.24, 2.45) is 10.2 Å². The highest BCUT2D eigenvalue weighted by Crippen LogP contribution is 2.33. The van der Waals surface area contributed by atoms with Crippen molar-refractivity contribution >= 4 is 29.5 Å². The first-order valence-electron chi connectivity index (χ1n) is 9.66. The molecule has 146 valence electrons. The number of rotatable bonds is 6. The maximum absolute atomic E-state index is 9.75. The summed E-state index contributed by atoms with van der Waals surface area (Å²) in [5.74, 6) is 0.183. The number of phenolic OH excluding ortho intramolecular Hbond substituents is 1. The van der Waals surface area contributed by atoms with Crippen LogP contribution in [0.3, 0.4) is 0 Å². The van der Waals surface area contributed by atoms with E-state index in [4.69, 9.17) is 0 Å². The van der Waals surface area contributed by atoms with Gasteiger partial charge in [0.05, 0.1) is 12.4 Å². The molecule has 0 aliphatic carbocycles. The van der Waals surface area contributed by atoms with Crippen LogP contribution in [0.4, 0.5) is 17.1 Å². The highest BCUT2D eigenvalue weighted by molar-refractivity contribution is 5.85. The summed E-state index contributed by atoms with van der Waals surface area (Å²) in [7, 11) is 0. The Morgan fingerprint density at radius 2 is 1.03 bits per heavy atom. The summed E-state index contributed by atoms with van der Waals surface area (Å²) in [5, 5.41) is 17.9. The molecule has 0 saturated carbocycles. The van der Waals surface area contributed by atoms with Gasteiger partial charge in [0.1, 0.15) is 5.75 Å². The molecular weight excluding hydrogens is 370 g/mol. The molecule has 0 atom stereocenters. The number of nitrogens with zero attached hydrogens (tertiary/aromatic N) is 3. The van der Waals surface area contributed by atoms with Crippen LogP contribution in [0.15, 0.2) is 119 Å². The highest BCUT2D eigenvalue weighted by Gasteiger charge is 2.11. The van der Waals surface area contributed by atoms with Gasteiger partial charge in [-0.15, -0.1) is 0 Å². The van der Waals surface area contributed by atoms with Gasteiger partial charge >= 0.3 is 0 Å². The molecule has 4 nitrogen and oxygen atoms in total. The second-order valence-corrected chi connectivity index (χ2v) is 6.65. The average molecular weight is 391 g/mol. The Labute approximate surface area is 176 Å². The molecular formula is C26H21N3O. The number of aromatic hydroxyl groups is 1. The second-order valence-electron chi connectivity index (χ2n) is 6.65. The lowest BCUT2D eigenvalue weighted by Crippen LogP contribution is -2.09. The standard InChI is InChI=1S/C26H21N3O/c30-26-14-8-7-9-22(26)20-28-27-19-21-15-17-25(18-16-21)29(23-10-3-1-4-11-23)24-12-5-2-6-13-24/h1-20,30H/b27-19+,28-20+. The molecule has 4 aromatic rings. The first kappa shape index (κ1) is 19.2. The van der Waals surface area contributed by atoms with Crippen molar-refractivity contribution in [1.29, 1.82) is 0 Å². The lowest BCUT2D eigenvalue weighted by atomic mass is 10.1. The average Bonchev–Trinajstić information content (AvgIpc) is 2.80. The summed E-state index contributed by atoms with van der Waals surface area (Å²) in [4.78, 5) is 2.21. The molecule has 0 bridgehead atoms. The minimum Gasteiger partial charge on any atom is -0.507 e. The van der Waals surface area contributed by atoms with Gasteiger partial charge in [-0.2, -0.15) is 10.2 Å². The fourth-order valence-corrected chi connectivity index (χ4v) is 3.10. The molecule has 0 fully saturated rings. The molecule has 0 aromatic heterocycles. The summed E-state index contributed by atoms with van der Waals surface area (Å²) >= 11 is 0. The SMILES string of the molecule is Oc1ccccc1/C=N/N=C/c1ccc(N(c2ccccc2)c2ccccc2)cc1. The largest absolute Gasteiger partial charge is 0.507 e. The Morgan fingerprint density at radius 3 is 1.63 bits per heavy atom. The maximum atomic E-state index is 9.75. The highest BCUT2D eigenvalue weighted by atomic mass is 16.3. The molecule has 4 rings (SSSR count). The third kappa shape index (κ3) is 4.62. The van der Waals surface area contributed by atoms with Crippen molar-refractivity contribution < 1.29 is 5.11 Å². The summed E-state index contributed by atoms with van der Waals surface area (Å²) in [6.45, 7) is 0. The van der Waals surface area contributed by atoms with Crippen molar-refractivity contribution in [2.75, 3.05) is 4.90 Å². The van der Waals surface area contributed by atoms with E-state index in [0.29, 0.717) is 5.56 Å². The van der Waals surface area contributed by atoms with Crippen LogP contribution in [0.25, 0.3) is 0 Å². The van der Waals surface area contributed by atoms with E-state index >= 15 is 0 Å². The molecule has 0 saturated heterocycles. The maximum Gasteiger partial charge on any atom is 0.124 e. The fourth-order valence-electron chi connectivity index (χ4n) is 3.10.